The lowest BCUT2D eigenvalue weighted by Crippen LogP contribution is -2.49. The molecule has 2 N–H and O–H groups in total. The van der Waals surface area contributed by atoms with Gasteiger partial charge in [-0.05, 0) is 46.6 Å². The van der Waals surface area contributed by atoms with Crippen molar-refractivity contribution in [3.8, 4) is 0 Å². The Kier molecular flexibility index (Phi) is 3.20. The van der Waals surface area contributed by atoms with Crippen molar-refractivity contribution >= 4 is 18.0 Å². The first-order chi connectivity index (χ1) is 9.81. The minimum absolute atomic E-state index is 0.000980. The van der Waals surface area contributed by atoms with Crippen molar-refractivity contribution in [2.75, 3.05) is 13.1 Å². The maximum atomic E-state index is 12.7. The van der Waals surface area contributed by atoms with E-state index in [1.165, 1.54) is 0 Å². The lowest BCUT2D eigenvalue weighted by Gasteiger charge is -2.23. The highest BCUT2D eigenvalue weighted by Gasteiger charge is 2.54. The molecule has 0 bridgehead atoms. The summed E-state index contributed by atoms with van der Waals surface area (Å²) in [5.41, 5.74) is -1.31. The highest BCUT2D eigenvalue weighted by Crippen LogP contribution is 2.36. The summed E-state index contributed by atoms with van der Waals surface area (Å²) in [4.78, 5) is 30.8. The summed E-state index contributed by atoms with van der Waals surface area (Å²) in [6.07, 6.45) is 2.03. The van der Waals surface area contributed by atoms with E-state index in [4.69, 9.17) is 4.74 Å². The number of aliphatic imine (C=N–C) groups is 1. The summed E-state index contributed by atoms with van der Waals surface area (Å²) >= 11 is 0. The van der Waals surface area contributed by atoms with Gasteiger partial charge in [-0.2, -0.15) is 0 Å². The van der Waals surface area contributed by atoms with Crippen molar-refractivity contribution in [1.82, 2.24) is 15.5 Å². The average Bonchev–Trinajstić information content (AvgIpc) is 2.99. The van der Waals surface area contributed by atoms with E-state index in [0.29, 0.717) is 18.9 Å². The fraction of sp³-hybridized carbons (Fsp3) is 0.786. The Hall–Kier alpha value is -1.63. The number of carbonyl (C=O) groups is 2. The maximum Gasteiger partial charge on any atom is 0.414 e. The van der Waals surface area contributed by atoms with E-state index in [1.807, 2.05) is 0 Å². The standard InChI is InChI=1S/C14H22N4O3/c1-13(2,3)21-12(20)16-11-17-14(6-7-15-8-14)10(19)18(11)9-4-5-9/h9,15H,4-8H2,1-3H3,(H,16,17,20). The van der Waals surface area contributed by atoms with Gasteiger partial charge in [0.25, 0.3) is 5.91 Å². The molecule has 0 aromatic carbocycles. The van der Waals surface area contributed by atoms with Crippen molar-refractivity contribution in [3.63, 3.8) is 0 Å². The number of nitrogens with one attached hydrogen (secondary N) is 2. The van der Waals surface area contributed by atoms with Gasteiger partial charge >= 0.3 is 6.09 Å². The van der Waals surface area contributed by atoms with Gasteiger partial charge in [0.1, 0.15) is 5.60 Å². The van der Waals surface area contributed by atoms with Crippen LogP contribution in [-0.4, -0.2) is 53.1 Å². The minimum atomic E-state index is -0.729. The topological polar surface area (TPSA) is 83.0 Å². The highest BCUT2D eigenvalue weighted by molar-refractivity contribution is 6.11. The SMILES string of the molecule is CC(C)(C)OC(=O)NC1=NC2(CCNC2)C(=O)N1C1CC1. The molecule has 0 radical (unpaired) electrons. The van der Waals surface area contributed by atoms with Crippen molar-refractivity contribution in [2.24, 2.45) is 4.99 Å². The van der Waals surface area contributed by atoms with Crippen LogP contribution in [0.1, 0.15) is 40.0 Å². The Morgan fingerprint density at radius 1 is 1.48 bits per heavy atom. The van der Waals surface area contributed by atoms with Gasteiger partial charge in [0.2, 0.25) is 5.96 Å². The van der Waals surface area contributed by atoms with E-state index >= 15 is 0 Å². The molecule has 7 nitrogen and oxygen atoms in total. The molecule has 2 aliphatic heterocycles. The predicted molar refractivity (Wildman–Crippen MR) is 76.9 cm³/mol. The van der Waals surface area contributed by atoms with Crippen LogP contribution in [0.5, 0.6) is 0 Å². The number of amides is 2. The molecule has 1 atom stereocenters. The van der Waals surface area contributed by atoms with Crippen molar-refractivity contribution in [2.45, 2.75) is 57.2 Å². The molecule has 0 aromatic heterocycles. The number of nitrogens with zero attached hydrogens (tertiary/aromatic N) is 2. The van der Waals surface area contributed by atoms with Crippen LogP contribution in [0.25, 0.3) is 0 Å². The van der Waals surface area contributed by atoms with E-state index < -0.39 is 17.2 Å². The second-order valence-corrected chi connectivity index (χ2v) is 6.93. The van der Waals surface area contributed by atoms with E-state index in [1.54, 1.807) is 25.7 Å². The van der Waals surface area contributed by atoms with Gasteiger partial charge in [-0.1, -0.05) is 0 Å². The van der Waals surface area contributed by atoms with Crippen LogP contribution in [-0.2, 0) is 9.53 Å². The van der Waals surface area contributed by atoms with Gasteiger partial charge in [0, 0.05) is 12.6 Å². The normalized spacial score (nSPS) is 29.0. The lowest BCUT2D eigenvalue weighted by molar-refractivity contribution is -0.131. The number of ether oxygens (including phenoxy) is 1. The van der Waals surface area contributed by atoms with Crippen molar-refractivity contribution < 1.29 is 14.3 Å². The Morgan fingerprint density at radius 3 is 2.71 bits per heavy atom. The molecular weight excluding hydrogens is 272 g/mol. The zero-order valence-electron chi connectivity index (χ0n) is 12.7. The molecule has 1 unspecified atom stereocenters. The number of guanidine groups is 1. The van der Waals surface area contributed by atoms with Crippen LogP contribution in [0, 0.1) is 0 Å². The number of hydrogen-bond acceptors (Lipinski definition) is 5. The summed E-state index contributed by atoms with van der Waals surface area (Å²) in [6.45, 7) is 6.71. The summed E-state index contributed by atoms with van der Waals surface area (Å²) < 4.78 is 5.25. The second-order valence-electron chi connectivity index (χ2n) is 6.93. The lowest BCUT2D eigenvalue weighted by atomic mass is 9.99. The monoisotopic (exact) mass is 294 g/mol. The largest absolute Gasteiger partial charge is 0.444 e. The molecule has 116 valence electrons. The molecule has 3 rings (SSSR count). The molecule has 2 fully saturated rings. The smallest absolute Gasteiger partial charge is 0.414 e. The third-order valence-corrected chi connectivity index (χ3v) is 3.82. The predicted octanol–water partition coefficient (Wildman–Crippen LogP) is 0.604. The van der Waals surface area contributed by atoms with Gasteiger partial charge in [-0.3, -0.25) is 15.0 Å². The molecule has 2 amide bonds. The van der Waals surface area contributed by atoms with Crippen molar-refractivity contribution in [1.29, 1.82) is 0 Å². The summed E-state index contributed by atoms with van der Waals surface area (Å²) in [7, 11) is 0. The maximum absolute atomic E-state index is 12.7. The molecule has 2 heterocycles. The van der Waals surface area contributed by atoms with Gasteiger partial charge < -0.3 is 10.1 Å². The van der Waals surface area contributed by atoms with E-state index in [0.717, 1.165) is 19.4 Å². The first-order valence-corrected chi connectivity index (χ1v) is 7.45. The molecule has 1 saturated carbocycles. The molecule has 7 heteroatoms. The third-order valence-electron chi connectivity index (χ3n) is 3.82. The molecule has 3 aliphatic rings. The average molecular weight is 294 g/mol. The first-order valence-electron chi connectivity index (χ1n) is 7.45. The van der Waals surface area contributed by atoms with Crippen LogP contribution in [0.3, 0.4) is 0 Å². The Morgan fingerprint density at radius 2 is 2.19 bits per heavy atom. The molecule has 1 aliphatic carbocycles. The molecule has 0 aromatic rings. The third kappa shape index (κ3) is 2.74. The van der Waals surface area contributed by atoms with Gasteiger partial charge in [-0.25, -0.2) is 9.79 Å². The van der Waals surface area contributed by atoms with Crippen LogP contribution in [0.2, 0.25) is 0 Å². The van der Waals surface area contributed by atoms with Crippen LogP contribution < -0.4 is 10.6 Å². The number of alkyl carbamates (subject to hydrolysis) is 1. The number of carbonyl (C=O) groups excluding carboxylic acids is 2. The van der Waals surface area contributed by atoms with E-state index in [2.05, 4.69) is 15.6 Å². The quantitative estimate of drug-likeness (QED) is 0.742. The van der Waals surface area contributed by atoms with Crippen LogP contribution in [0.15, 0.2) is 4.99 Å². The molecule has 1 spiro atoms. The van der Waals surface area contributed by atoms with Gasteiger partial charge in [0.15, 0.2) is 5.54 Å². The van der Waals surface area contributed by atoms with E-state index in [9.17, 15) is 9.59 Å². The zero-order chi connectivity index (χ0) is 15.3. The van der Waals surface area contributed by atoms with E-state index in [-0.39, 0.29) is 11.9 Å². The second kappa shape index (κ2) is 4.69. The summed E-state index contributed by atoms with van der Waals surface area (Å²) in [5, 5.41) is 5.83. The minimum Gasteiger partial charge on any atom is -0.444 e. The van der Waals surface area contributed by atoms with Crippen LogP contribution >= 0.6 is 0 Å². The highest BCUT2D eigenvalue weighted by atomic mass is 16.6. The zero-order valence-corrected chi connectivity index (χ0v) is 12.7. The molecule has 21 heavy (non-hydrogen) atoms. The fourth-order valence-electron chi connectivity index (χ4n) is 2.74. The number of hydrogen-bond donors (Lipinski definition) is 2. The molecule has 1 saturated heterocycles. The summed E-state index contributed by atoms with van der Waals surface area (Å²) in [6, 6.07) is 0.172. The Labute approximate surface area is 124 Å². The van der Waals surface area contributed by atoms with Gasteiger partial charge in [-0.15, -0.1) is 0 Å². The summed E-state index contributed by atoms with van der Waals surface area (Å²) in [5.74, 6) is 0.349. The van der Waals surface area contributed by atoms with Crippen LogP contribution in [0.4, 0.5) is 4.79 Å². The Balaban J connectivity index is 1.78. The van der Waals surface area contributed by atoms with Gasteiger partial charge in [0.05, 0.1) is 0 Å². The number of rotatable bonds is 1. The molecular formula is C14H22N4O3. The van der Waals surface area contributed by atoms with Crippen molar-refractivity contribution in [3.05, 3.63) is 0 Å². The first kappa shape index (κ1) is 14.3. The Bertz CT molecular complexity index is 499. The fourth-order valence-corrected chi connectivity index (χ4v) is 2.74.